The van der Waals surface area contributed by atoms with Crippen LogP contribution in [-0.2, 0) is 5.41 Å². The Balaban J connectivity index is 1.34. The van der Waals surface area contributed by atoms with E-state index in [1.165, 1.54) is 48.1 Å². The molecule has 200 valence electrons. The number of halogens is 2. The summed E-state index contributed by atoms with van der Waals surface area (Å²) in [6, 6.07) is 26.4. The van der Waals surface area contributed by atoms with Gasteiger partial charge in [-0.05, 0) is 86.3 Å². The van der Waals surface area contributed by atoms with Gasteiger partial charge in [-0.3, -0.25) is 0 Å². The zero-order valence-electron chi connectivity index (χ0n) is 22.8. The van der Waals surface area contributed by atoms with Crippen molar-refractivity contribution in [3.63, 3.8) is 0 Å². The van der Waals surface area contributed by atoms with Gasteiger partial charge in [0.1, 0.15) is 0 Å². The molecule has 0 radical (unpaired) electrons. The highest BCUT2D eigenvalue weighted by atomic mass is 35.5. The summed E-state index contributed by atoms with van der Waals surface area (Å²) in [5.41, 5.74) is 5.73. The van der Waals surface area contributed by atoms with E-state index < -0.39 is 0 Å². The molecule has 0 bridgehead atoms. The molecule has 2 nitrogen and oxygen atoms in total. The molecule has 5 rings (SSSR count). The largest absolute Gasteiger partial charge is 0.371 e. The van der Waals surface area contributed by atoms with Crippen molar-refractivity contribution in [1.29, 1.82) is 0 Å². The van der Waals surface area contributed by atoms with Gasteiger partial charge in [-0.15, -0.1) is 0 Å². The first-order valence-corrected chi connectivity index (χ1v) is 15.0. The number of hydrogen-bond acceptors (Lipinski definition) is 2. The number of rotatable bonds is 10. The molecular formula is C34H40Cl2N2. The number of unbranched alkanes of at least 4 members (excludes halogenated alkanes) is 1. The molecule has 1 aliphatic carbocycles. The van der Waals surface area contributed by atoms with Crippen molar-refractivity contribution in [2.24, 2.45) is 0 Å². The van der Waals surface area contributed by atoms with Crippen LogP contribution in [-0.4, -0.2) is 37.6 Å². The lowest BCUT2D eigenvalue weighted by molar-refractivity contribution is 0.176. The van der Waals surface area contributed by atoms with Crippen molar-refractivity contribution < 1.29 is 0 Å². The molecule has 1 aliphatic heterocycles. The second-order valence-corrected chi connectivity index (χ2v) is 12.0. The Bertz CT molecular complexity index is 1230. The van der Waals surface area contributed by atoms with Crippen LogP contribution >= 0.6 is 23.2 Å². The molecule has 2 atom stereocenters. The Labute approximate surface area is 239 Å². The summed E-state index contributed by atoms with van der Waals surface area (Å²) in [6.07, 6.45) is 11.9. The first kappa shape index (κ1) is 27.3. The lowest BCUT2D eigenvalue weighted by Crippen LogP contribution is -2.43. The molecule has 0 N–H and O–H groups in total. The fraction of sp³-hybridized carbons (Fsp3) is 0.412. The van der Waals surface area contributed by atoms with Gasteiger partial charge >= 0.3 is 0 Å². The summed E-state index contributed by atoms with van der Waals surface area (Å²) >= 11 is 12.9. The minimum Gasteiger partial charge on any atom is -0.371 e. The molecule has 3 aromatic carbocycles. The normalized spacial score (nSPS) is 17.9. The van der Waals surface area contributed by atoms with E-state index in [1.54, 1.807) is 0 Å². The van der Waals surface area contributed by atoms with Gasteiger partial charge in [-0.2, -0.15) is 0 Å². The molecule has 1 saturated heterocycles. The van der Waals surface area contributed by atoms with Crippen LogP contribution in [0.15, 0.2) is 78.9 Å². The van der Waals surface area contributed by atoms with Gasteiger partial charge in [-0.1, -0.05) is 104 Å². The van der Waals surface area contributed by atoms with Crippen LogP contribution in [0, 0.1) is 0 Å². The Morgan fingerprint density at radius 1 is 0.895 bits per heavy atom. The van der Waals surface area contributed by atoms with Gasteiger partial charge in [0.25, 0.3) is 0 Å². The van der Waals surface area contributed by atoms with Crippen LogP contribution in [0.25, 0.3) is 6.08 Å². The van der Waals surface area contributed by atoms with Crippen molar-refractivity contribution in [2.45, 2.75) is 62.8 Å². The summed E-state index contributed by atoms with van der Waals surface area (Å²) in [5.74, 6) is 0.365. The van der Waals surface area contributed by atoms with Crippen LogP contribution in [0.3, 0.4) is 0 Å². The molecule has 0 amide bonds. The third kappa shape index (κ3) is 5.83. The predicted octanol–water partition coefficient (Wildman–Crippen LogP) is 9.22. The monoisotopic (exact) mass is 546 g/mol. The van der Waals surface area contributed by atoms with E-state index in [0.29, 0.717) is 22.0 Å². The minimum atomic E-state index is 0.230. The summed E-state index contributed by atoms with van der Waals surface area (Å²) in [5, 5.41) is 1.28. The standard InChI is InChI=1S/C34H40Cl2N2/c1-3-4-14-33(37(2)28-11-6-5-7-12-28)29(27-15-16-31(35)32(36)25-27)18-22-38-23-20-34(21-24-38)19-17-26-10-8-9-13-30(26)34/h5-13,15-17,19,25,29,33H,3-4,14,18,20-24H2,1-2H3/t29-,33?/m0/s1. The van der Waals surface area contributed by atoms with Crippen molar-refractivity contribution in [3.8, 4) is 0 Å². The van der Waals surface area contributed by atoms with E-state index in [2.05, 4.69) is 103 Å². The molecule has 1 fully saturated rings. The average Bonchev–Trinajstić information content (AvgIpc) is 3.31. The van der Waals surface area contributed by atoms with Crippen LogP contribution in [0.4, 0.5) is 5.69 Å². The summed E-state index contributed by atoms with van der Waals surface area (Å²) < 4.78 is 0. The maximum absolute atomic E-state index is 6.56. The van der Waals surface area contributed by atoms with Crippen LogP contribution in [0.5, 0.6) is 0 Å². The molecule has 0 aromatic heterocycles. The summed E-state index contributed by atoms with van der Waals surface area (Å²) in [4.78, 5) is 5.18. The number of likely N-dealkylation sites (tertiary alicyclic amines) is 1. The van der Waals surface area contributed by atoms with E-state index in [1.807, 2.05) is 6.07 Å². The first-order chi connectivity index (χ1) is 18.5. The fourth-order valence-corrected chi connectivity index (χ4v) is 6.93. The van der Waals surface area contributed by atoms with E-state index in [4.69, 9.17) is 23.2 Å². The first-order valence-electron chi connectivity index (χ1n) is 14.2. The molecule has 1 unspecified atom stereocenters. The van der Waals surface area contributed by atoms with Gasteiger partial charge in [0.15, 0.2) is 0 Å². The van der Waals surface area contributed by atoms with Gasteiger partial charge in [-0.25, -0.2) is 0 Å². The van der Waals surface area contributed by atoms with Gasteiger partial charge in [0, 0.05) is 30.1 Å². The van der Waals surface area contributed by atoms with Gasteiger partial charge < -0.3 is 9.80 Å². The van der Waals surface area contributed by atoms with Gasteiger partial charge in [0.2, 0.25) is 0 Å². The number of nitrogens with zero attached hydrogens (tertiary/aromatic N) is 2. The Hall–Kier alpha value is -2.26. The molecule has 1 heterocycles. The summed E-state index contributed by atoms with van der Waals surface area (Å²) in [6.45, 7) is 5.66. The highest BCUT2D eigenvalue weighted by Gasteiger charge is 2.38. The van der Waals surface area contributed by atoms with Crippen LogP contribution < -0.4 is 4.90 Å². The highest BCUT2D eigenvalue weighted by Crippen LogP contribution is 2.44. The van der Waals surface area contributed by atoms with E-state index in [9.17, 15) is 0 Å². The third-order valence-corrected chi connectivity index (χ3v) is 9.67. The number of allylic oxidation sites excluding steroid dienone is 1. The van der Waals surface area contributed by atoms with Crippen molar-refractivity contribution in [2.75, 3.05) is 31.6 Å². The van der Waals surface area contributed by atoms with Crippen molar-refractivity contribution in [3.05, 3.63) is 106 Å². The Morgan fingerprint density at radius 2 is 1.63 bits per heavy atom. The minimum absolute atomic E-state index is 0.230. The number of anilines is 1. The molecule has 0 saturated carbocycles. The topological polar surface area (TPSA) is 6.48 Å². The Kier molecular flexibility index (Phi) is 8.83. The smallest absolute Gasteiger partial charge is 0.0595 e. The van der Waals surface area contributed by atoms with E-state index >= 15 is 0 Å². The quantitative estimate of drug-likeness (QED) is 0.250. The average molecular weight is 548 g/mol. The molecule has 3 aromatic rings. The number of benzene rings is 3. The SMILES string of the molecule is CCCCC([C@@H](CCN1CCC2(C=Cc3ccccc32)CC1)c1ccc(Cl)c(Cl)c1)N(C)c1ccccc1. The predicted molar refractivity (Wildman–Crippen MR) is 165 cm³/mol. The van der Waals surface area contributed by atoms with Crippen molar-refractivity contribution >= 4 is 35.0 Å². The molecule has 2 aliphatic rings. The number of hydrogen-bond donors (Lipinski definition) is 0. The zero-order chi connectivity index (χ0) is 26.5. The van der Waals surface area contributed by atoms with Crippen LogP contribution in [0.2, 0.25) is 10.0 Å². The lowest BCUT2D eigenvalue weighted by Gasteiger charge is -2.41. The summed E-state index contributed by atoms with van der Waals surface area (Å²) in [7, 11) is 2.26. The molecule has 38 heavy (non-hydrogen) atoms. The Morgan fingerprint density at radius 3 is 2.37 bits per heavy atom. The number of para-hydroxylation sites is 1. The number of likely N-dealkylation sites (N-methyl/N-ethyl adjacent to an activating group) is 1. The second-order valence-electron chi connectivity index (χ2n) is 11.1. The molecule has 1 spiro atoms. The van der Waals surface area contributed by atoms with Crippen molar-refractivity contribution in [1.82, 2.24) is 4.90 Å². The molecule has 4 heteroatoms. The maximum atomic E-state index is 6.56. The highest BCUT2D eigenvalue weighted by molar-refractivity contribution is 6.42. The van der Waals surface area contributed by atoms with Crippen LogP contribution in [0.1, 0.15) is 68.1 Å². The second kappa shape index (κ2) is 12.3. The third-order valence-electron chi connectivity index (χ3n) is 8.93. The molecular weight excluding hydrogens is 507 g/mol. The number of fused-ring (bicyclic) bond motifs is 2. The lowest BCUT2D eigenvalue weighted by atomic mass is 9.74. The fourth-order valence-electron chi connectivity index (χ4n) is 6.62. The number of piperidine rings is 1. The van der Waals surface area contributed by atoms with Gasteiger partial charge in [0.05, 0.1) is 10.0 Å². The van der Waals surface area contributed by atoms with E-state index in [-0.39, 0.29) is 5.41 Å². The zero-order valence-corrected chi connectivity index (χ0v) is 24.3. The maximum Gasteiger partial charge on any atom is 0.0595 e. The van der Waals surface area contributed by atoms with E-state index in [0.717, 1.165) is 32.5 Å².